The Morgan fingerprint density at radius 3 is 2.77 bits per heavy atom. The second-order valence-electron chi connectivity index (χ2n) is 6.76. The maximum atomic E-state index is 13.4. The summed E-state index contributed by atoms with van der Waals surface area (Å²) in [5.41, 5.74) is 3.34. The highest BCUT2D eigenvalue weighted by atomic mass is 32.2. The minimum atomic E-state index is -0.193. The number of thioether (sulfide) groups is 1. The van der Waals surface area contributed by atoms with Crippen LogP contribution in [0.3, 0.4) is 0 Å². The quantitative estimate of drug-likeness (QED) is 0.399. The number of para-hydroxylation sites is 1. The zero-order chi connectivity index (χ0) is 21.3. The molecule has 2 aromatic heterocycles. The standard InChI is InChI=1S/C22H19N5O2S/c1-4-12-23-19(28)13-30-22-25-24-21-26(17-11-7-8-14(2)15(17)3)20(29)16-9-5-6-10-18(16)27(21)22/h1,5-11H,12-13H2,2-3H3,(H,23,28). The Bertz CT molecular complexity index is 1380. The van der Waals surface area contributed by atoms with E-state index in [4.69, 9.17) is 6.42 Å². The molecule has 0 saturated carbocycles. The number of carbonyl (C=O) groups is 1. The second-order valence-corrected chi connectivity index (χ2v) is 7.71. The Kier molecular flexibility index (Phi) is 5.29. The number of rotatable bonds is 5. The van der Waals surface area contributed by atoms with Crippen LogP contribution in [0.25, 0.3) is 22.4 Å². The maximum absolute atomic E-state index is 13.4. The summed E-state index contributed by atoms with van der Waals surface area (Å²) in [5.74, 6) is 2.72. The lowest BCUT2D eigenvalue weighted by Gasteiger charge is -2.14. The minimum absolute atomic E-state index is 0.138. The lowest BCUT2D eigenvalue weighted by atomic mass is 10.1. The van der Waals surface area contributed by atoms with Crippen LogP contribution in [-0.4, -0.2) is 37.4 Å². The fourth-order valence-corrected chi connectivity index (χ4v) is 4.07. The molecule has 0 radical (unpaired) electrons. The number of nitrogens with one attached hydrogen (secondary N) is 1. The van der Waals surface area contributed by atoms with Crippen LogP contribution < -0.4 is 10.9 Å². The van der Waals surface area contributed by atoms with E-state index in [-0.39, 0.29) is 23.8 Å². The van der Waals surface area contributed by atoms with Crippen molar-refractivity contribution >= 4 is 34.3 Å². The summed E-state index contributed by atoms with van der Waals surface area (Å²) in [7, 11) is 0. The molecule has 0 saturated heterocycles. The molecule has 0 aliphatic heterocycles. The number of aryl methyl sites for hydroxylation is 1. The highest BCUT2D eigenvalue weighted by molar-refractivity contribution is 7.99. The predicted octanol–water partition coefficient (Wildman–Crippen LogP) is 2.49. The molecule has 0 fully saturated rings. The molecular weight excluding hydrogens is 398 g/mol. The van der Waals surface area contributed by atoms with Crippen LogP contribution in [0.5, 0.6) is 0 Å². The van der Waals surface area contributed by atoms with E-state index < -0.39 is 0 Å². The number of aromatic nitrogens is 4. The highest BCUT2D eigenvalue weighted by Crippen LogP contribution is 2.24. The Balaban J connectivity index is 1.93. The van der Waals surface area contributed by atoms with Crippen LogP contribution in [0.2, 0.25) is 0 Å². The van der Waals surface area contributed by atoms with Crippen molar-refractivity contribution < 1.29 is 4.79 Å². The summed E-state index contributed by atoms with van der Waals surface area (Å²) in [4.78, 5) is 25.4. The fourth-order valence-electron chi connectivity index (χ4n) is 3.30. The minimum Gasteiger partial charge on any atom is -0.344 e. The predicted molar refractivity (Wildman–Crippen MR) is 118 cm³/mol. The molecule has 1 N–H and O–H groups in total. The molecule has 0 bridgehead atoms. The first kappa shape index (κ1) is 19.7. The molecule has 0 aliphatic carbocycles. The van der Waals surface area contributed by atoms with Gasteiger partial charge in [-0.3, -0.25) is 14.0 Å². The first-order valence-electron chi connectivity index (χ1n) is 9.31. The van der Waals surface area contributed by atoms with Gasteiger partial charge in [0.05, 0.1) is 28.9 Å². The molecule has 8 heteroatoms. The normalized spacial score (nSPS) is 11.0. The van der Waals surface area contributed by atoms with E-state index >= 15 is 0 Å². The SMILES string of the molecule is C#CCNC(=O)CSc1nnc2n(-c3cccc(C)c3C)c(=O)c3ccccc3n12. The third-order valence-electron chi connectivity index (χ3n) is 4.93. The molecular formula is C22H19N5O2S. The molecule has 0 unspecified atom stereocenters. The number of benzene rings is 2. The zero-order valence-corrected chi connectivity index (χ0v) is 17.4. The molecule has 0 spiro atoms. The van der Waals surface area contributed by atoms with E-state index in [0.29, 0.717) is 21.8 Å². The Hall–Kier alpha value is -3.57. The van der Waals surface area contributed by atoms with E-state index in [1.807, 2.05) is 54.6 Å². The van der Waals surface area contributed by atoms with Crippen LogP contribution in [-0.2, 0) is 4.79 Å². The lowest BCUT2D eigenvalue weighted by Crippen LogP contribution is -2.25. The molecule has 4 aromatic rings. The number of hydrogen-bond donors (Lipinski definition) is 1. The van der Waals surface area contributed by atoms with Crippen molar-refractivity contribution in [1.29, 1.82) is 0 Å². The number of nitrogens with zero attached hydrogens (tertiary/aromatic N) is 4. The van der Waals surface area contributed by atoms with E-state index in [9.17, 15) is 9.59 Å². The summed E-state index contributed by atoms with van der Waals surface area (Å²) >= 11 is 1.24. The number of terminal acetylenes is 1. The van der Waals surface area contributed by atoms with Gasteiger partial charge in [0.15, 0.2) is 5.16 Å². The van der Waals surface area contributed by atoms with Crippen molar-refractivity contribution in [2.45, 2.75) is 19.0 Å². The van der Waals surface area contributed by atoms with E-state index in [0.717, 1.165) is 16.8 Å². The molecule has 30 heavy (non-hydrogen) atoms. The van der Waals surface area contributed by atoms with Gasteiger partial charge in [-0.05, 0) is 43.2 Å². The second kappa shape index (κ2) is 8.05. The average molecular weight is 417 g/mol. The topological polar surface area (TPSA) is 81.3 Å². The number of hydrogen-bond acceptors (Lipinski definition) is 5. The van der Waals surface area contributed by atoms with Gasteiger partial charge < -0.3 is 5.32 Å². The summed E-state index contributed by atoms with van der Waals surface area (Å²) in [6.07, 6.45) is 5.18. The van der Waals surface area contributed by atoms with E-state index in [1.165, 1.54) is 11.8 Å². The Morgan fingerprint density at radius 1 is 1.17 bits per heavy atom. The molecule has 0 aliphatic rings. The number of amides is 1. The fraction of sp³-hybridized carbons (Fsp3) is 0.182. The largest absolute Gasteiger partial charge is 0.344 e. The highest BCUT2D eigenvalue weighted by Gasteiger charge is 2.19. The van der Waals surface area contributed by atoms with Gasteiger partial charge in [0.25, 0.3) is 5.56 Å². The van der Waals surface area contributed by atoms with Gasteiger partial charge in [0, 0.05) is 0 Å². The number of fused-ring (bicyclic) bond motifs is 3. The first-order valence-corrected chi connectivity index (χ1v) is 10.3. The van der Waals surface area contributed by atoms with Gasteiger partial charge in [-0.1, -0.05) is 41.9 Å². The van der Waals surface area contributed by atoms with Gasteiger partial charge in [-0.15, -0.1) is 16.6 Å². The molecule has 7 nitrogen and oxygen atoms in total. The monoisotopic (exact) mass is 417 g/mol. The van der Waals surface area contributed by atoms with Crippen molar-refractivity contribution in [1.82, 2.24) is 24.5 Å². The van der Waals surface area contributed by atoms with Crippen molar-refractivity contribution in [3.05, 3.63) is 63.9 Å². The van der Waals surface area contributed by atoms with E-state index in [1.54, 1.807) is 10.6 Å². The average Bonchev–Trinajstić information content (AvgIpc) is 3.17. The van der Waals surface area contributed by atoms with Gasteiger partial charge in [-0.25, -0.2) is 4.57 Å². The molecule has 2 heterocycles. The summed E-state index contributed by atoms with van der Waals surface area (Å²) in [6.45, 7) is 4.15. The van der Waals surface area contributed by atoms with Crippen LogP contribution in [0.15, 0.2) is 52.4 Å². The van der Waals surface area contributed by atoms with Crippen molar-refractivity contribution in [3.63, 3.8) is 0 Å². The van der Waals surface area contributed by atoms with Gasteiger partial charge >= 0.3 is 0 Å². The molecule has 150 valence electrons. The van der Waals surface area contributed by atoms with E-state index in [2.05, 4.69) is 21.4 Å². The lowest BCUT2D eigenvalue weighted by molar-refractivity contribution is -0.118. The molecule has 0 atom stereocenters. The van der Waals surface area contributed by atoms with Crippen LogP contribution in [0, 0.1) is 26.2 Å². The Labute approximate surface area is 177 Å². The summed E-state index contributed by atoms with van der Waals surface area (Å²) < 4.78 is 3.40. The third kappa shape index (κ3) is 3.33. The Morgan fingerprint density at radius 2 is 1.97 bits per heavy atom. The van der Waals surface area contributed by atoms with Gasteiger partial charge in [0.2, 0.25) is 11.7 Å². The van der Waals surface area contributed by atoms with Crippen LogP contribution in [0.4, 0.5) is 0 Å². The molecule has 4 rings (SSSR count). The van der Waals surface area contributed by atoms with Crippen LogP contribution >= 0.6 is 11.8 Å². The van der Waals surface area contributed by atoms with Crippen LogP contribution in [0.1, 0.15) is 11.1 Å². The van der Waals surface area contributed by atoms with Gasteiger partial charge in [-0.2, -0.15) is 0 Å². The molecule has 1 amide bonds. The van der Waals surface area contributed by atoms with Crippen molar-refractivity contribution in [3.8, 4) is 18.0 Å². The molecule has 2 aromatic carbocycles. The maximum Gasteiger partial charge on any atom is 0.267 e. The smallest absolute Gasteiger partial charge is 0.267 e. The zero-order valence-electron chi connectivity index (χ0n) is 16.5. The number of carbonyl (C=O) groups excluding carboxylic acids is 1. The third-order valence-corrected chi connectivity index (χ3v) is 5.86. The summed E-state index contributed by atoms with van der Waals surface area (Å²) in [6, 6.07) is 13.1. The van der Waals surface area contributed by atoms with Crippen molar-refractivity contribution in [2.24, 2.45) is 0 Å². The summed E-state index contributed by atoms with van der Waals surface area (Å²) in [5, 5.41) is 12.3. The van der Waals surface area contributed by atoms with Gasteiger partial charge in [0.1, 0.15) is 0 Å². The van der Waals surface area contributed by atoms with Crippen molar-refractivity contribution in [2.75, 3.05) is 12.3 Å². The first-order chi connectivity index (χ1) is 14.5.